The molecule has 10 aromatic rings. The van der Waals surface area contributed by atoms with Crippen LogP contribution in [0.3, 0.4) is 0 Å². The summed E-state index contributed by atoms with van der Waals surface area (Å²) in [6, 6.07) is 22.4. The average Bonchev–Trinajstić information content (AvgIpc) is 3.62. The molecule has 0 aliphatic heterocycles. The second-order valence-corrected chi connectivity index (χ2v) is 11.5. The molecule has 0 saturated heterocycles. The first-order chi connectivity index (χ1) is 29.2. The Balaban J connectivity index is 1.15. The molecule has 2 heterocycles. The maximum atomic E-state index is 9.58. The van der Waals surface area contributed by atoms with Crippen LogP contribution in [0.5, 0.6) is 0 Å². The molecule has 49 heavy (non-hydrogen) atoms. The molecule has 0 amide bonds. The monoisotopic (exact) mass is 637 g/mol. The van der Waals surface area contributed by atoms with Crippen LogP contribution < -0.4 is 0 Å². The summed E-state index contributed by atoms with van der Waals surface area (Å²) >= 11 is 0. The summed E-state index contributed by atoms with van der Waals surface area (Å²) in [6.07, 6.45) is 0. The molecular weight excluding hydrogens is 599 g/mol. The third-order valence-corrected chi connectivity index (χ3v) is 8.64. The topological polar surface area (TPSA) is 51.8 Å². The molecule has 0 radical (unpaired) electrons. The molecule has 0 aliphatic rings. The van der Waals surface area contributed by atoms with Gasteiger partial charge in [-0.15, -0.1) is 0 Å². The zero-order chi connectivity index (χ0) is 42.8. The summed E-state index contributed by atoms with van der Waals surface area (Å²) in [5.41, 5.74) is 2.72. The summed E-state index contributed by atoms with van der Waals surface area (Å²) in [5.74, 6) is 0.306. The zero-order valence-electron chi connectivity index (χ0n) is 37.4. The lowest BCUT2D eigenvalue weighted by Gasteiger charge is -2.12. The van der Waals surface area contributed by atoms with Gasteiger partial charge in [0.05, 0.1) is 16.4 Å². The number of furan rings is 1. The van der Waals surface area contributed by atoms with Gasteiger partial charge in [-0.3, -0.25) is 0 Å². The summed E-state index contributed by atoms with van der Waals surface area (Å²) in [6.45, 7) is 0. The molecule has 4 nitrogen and oxygen atoms in total. The van der Waals surface area contributed by atoms with Gasteiger partial charge in [0.2, 0.25) is 0 Å². The van der Waals surface area contributed by atoms with Gasteiger partial charge in [0.25, 0.3) is 0 Å². The number of hydrogen-bond acceptors (Lipinski definition) is 4. The van der Waals surface area contributed by atoms with Gasteiger partial charge in [-0.1, -0.05) is 133 Å². The second-order valence-electron chi connectivity index (χ2n) is 11.5. The standard InChI is InChI=1S/C45H27N3O/c1-3-11-28(12-4-1)43-46-44(29-13-5-2-6-14-29)48-45(47-43)32-20-23-38-40-26-31(21-24-41(40)49-42(38)27-32)30-19-22-37-35-17-8-7-15-33(35)34-16-9-10-18-36(34)39(37)25-30/h1-27H/i1D,3D,4D,7D,8D,9D,11D,12D,16D,18D,19D,25D. The van der Waals surface area contributed by atoms with Crippen LogP contribution in [0, 0.1) is 0 Å². The van der Waals surface area contributed by atoms with Crippen LogP contribution in [0.4, 0.5) is 0 Å². The van der Waals surface area contributed by atoms with E-state index in [0.717, 1.165) is 0 Å². The van der Waals surface area contributed by atoms with E-state index in [1.54, 1.807) is 42.5 Å². The molecule has 0 atom stereocenters. The fourth-order valence-electron chi connectivity index (χ4n) is 6.34. The van der Waals surface area contributed by atoms with E-state index in [9.17, 15) is 2.74 Å². The second kappa shape index (κ2) is 11.0. The maximum Gasteiger partial charge on any atom is 0.164 e. The molecule has 8 aromatic carbocycles. The predicted octanol–water partition coefficient (Wildman–Crippen LogP) is 11.9. The Morgan fingerprint density at radius 3 is 1.92 bits per heavy atom. The van der Waals surface area contributed by atoms with E-state index in [0.29, 0.717) is 60.2 Å². The Labute approximate surface area is 298 Å². The fraction of sp³-hybridized carbons (Fsp3) is 0. The van der Waals surface area contributed by atoms with Crippen molar-refractivity contribution < 1.29 is 20.9 Å². The van der Waals surface area contributed by atoms with Gasteiger partial charge < -0.3 is 4.42 Å². The third-order valence-electron chi connectivity index (χ3n) is 8.64. The van der Waals surface area contributed by atoms with E-state index in [1.165, 1.54) is 18.2 Å². The summed E-state index contributed by atoms with van der Waals surface area (Å²) in [5, 5.41) is 3.49. The Morgan fingerprint density at radius 2 is 1.08 bits per heavy atom. The molecule has 0 spiro atoms. The van der Waals surface area contributed by atoms with Crippen LogP contribution in [0.2, 0.25) is 0 Å². The van der Waals surface area contributed by atoms with Gasteiger partial charge in [0.15, 0.2) is 17.5 Å². The van der Waals surface area contributed by atoms with E-state index < -0.39 is 30.2 Å². The van der Waals surface area contributed by atoms with E-state index in [1.807, 2.05) is 30.3 Å². The maximum absolute atomic E-state index is 9.58. The van der Waals surface area contributed by atoms with Crippen LogP contribution in [0.1, 0.15) is 16.4 Å². The zero-order valence-corrected chi connectivity index (χ0v) is 25.4. The first-order valence-corrected chi connectivity index (χ1v) is 15.4. The van der Waals surface area contributed by atoms with Crippen LogP contribution in [0.25, 0.3) is 99.5 Å². The SMILES string of the molecule is [2H]c1cc2c(cc1[2H])c1c([2H])c([2H])cc([2H])c1c1c([2H])c(-c3ccc4oc5cc(-c6nc(-c7ccccc7)nc(-c7c([2H])c([2H])c([2H])c([2H])c7[2H])n6)ccc5c4c3)c([2H])cc21. The van der Waals surface area contributed by atoms with E-state index in [2.05, 4.69) is 9.97 Å². The largest absolute Gasteiger partial charge is 0.456 e. The van der Waals surface area contributed by atoms with Crippen LogP contribution in [-0.2, 0) is 0 Å². The van der Waals surface area contributed by atoms with E-state index in [4.69, 9.17) is 23.1 Å². The van der Waals surface area contributed by atoms with Gasteiger partial charge in [-0.25, -0.2) is 15.0 Å². The van der Waals surface area contributed by atoms with Crippen molar-refractivity contribution in [2.24, 2.45) is 0 Å². The van der Waals surface area contributed by atoms with Crippen molar-refractivity contribution in [2.45, 2.75) is 0 Å². The van der Waals surface area contributed by atoms with Gasteiger partial charge in [0.1, 0.15) is 11.2 Å². The Kier molecular flexibility index (Phi) is 4.04. The highest BCUT2D eigenvalue weighted by atomic mass is 16.3. The molecule has 228 valence electrons. The number of rotatable bonds is 4. The summed E-state index contributed by atoms with van der Waals surface area (Å²) < 4.78 is 110. The minimum atomic E-state index is -0.532. The molecule has 2 aromatic heterocycles. The van der Waals surface area contributed by atoms with Gasteiger partial charge in [-0.05, 0) is 73.8 Å². The molecule has 0 saturated carbocycles. The smallest absolute Gasteiger partial charge is 0.164 e. The Hall–Kier alpha value is -6.65. The minimum Gasteiger partial charge on any atom is -0.456 e. The average molecular weight is 638 g/mol. The number of nitrogens with zero attached hydrogens (tertiary/aromatic N) is 3. The molecule has 4 heteroatoms. The van der Waals surface area contributed by atoms with Crippen molar-refractivity contribution >= 4 is 54.3 Å². The highest BCUT2D eigenvalue weighted by molar-refractivity contribution is 6.25. The number of benzene rings is 8. The van der Waals surface area contributed by atoms with Crippen molar-refractivity contribution in [2.75, 3.05) is 0 Å². The molecule has 0 unspecified atom stereocenters. The molecule has 0 fully saturated rings. The lowest BCUT2D eigenvalue weighted by Crippen LogP contribution is -2.00. The van der Waals surface area contributed by atoms with Gasteiger partial charge >= 0.3 is 0 Å². The molecular formula is C45H27N3O. The minimum absolute atomic E-state index is 0.0165. The first-order valence-electron chi connectivity index (χ1n) is 21.4. The Bertz CT molecular complexity index is 3550. The third kappa shape index (κ3) is 4.57. The summed E-state index contributed by atoms with van der Waals surface area (Å²) in [7, 11) is 0. The highest BCUT2D eigenvalue weighted by Gasteiger charge is 2.16. The number of hydrogen-bond donors (Lipinski definition) is 0. The first kappa shape index (κ1) is 18.0. The van der Waals surface area contributed by atoms with Crippen molar-refractivity contribution in [1.29, 1.82) is 0 Å². The molecule has 0 bridgehead atoms. The van der Waals surface area contributed by atoms with Gasteiger partial charge in [0, 0.05) is 27.5 Å². The van der Waals surface area contributed by atoms with E-state index >= 15 is 0 Å². The van der Waals surface area contributed by atoms with Crippen molar-refractivity contribution in [3.05, 3.63) is 164 Å². The van der Waals surface area contributed by atoms with Crippen LogP contribution in [0.15, 0.2) is 168 Å². The highest BCUT2D eigenvalue weighted by Crippen LogP contribution is 2.39. The lowest BCUT2D eigenvalue weighted by molar-refractivity contribution is 0.669. The number of aromatic nitrogens is 3. The molecule has 0 aliphatic carbocycles. The lowest BCUT2D eigenvalue weighted by atomic mass is 9.92. The number of fused-ring (bicyclic) bond motifs is 9. The quantitative estimate of drug-likeness (QED) is 0.180. The van der Waals surface area contributed by atoms with Crippen molar-refractivity contribution in [3.8, 4) is 45.3 Å². The van der Waals surface area contributed by atoms with Gasteiger partial charge in [-0.2, -0.15) is 0 Å². The normalized spacial score (nSPS) is 15.1. The molecule has 0 N–H and O–H groups in total. The molecule has 10 rings (SSSR count). The summed E-state index contributed by atoms with van der Waals surface area (Å²) in [4.78, 5) is 13.9. The van der Waals surface area contributed by atoms with E-state index in [-0.39, 0.29) is 81.7 Å². The fourth-order valence-corrected chi connectivity index (χ4v) is 6.34. The predicted molar refractivity (Wildman–Crippen MR) is 201 cm³/mol. The van der Waals surface area contributed by atoms with Crippen LogP contribution in [-0.4, -0.2) is 15.0 Å². The van der Waals surface area contributed by atoms with Crippen molar-refractivity contribution in [3.63, 3.8) is 0 Å². The van der Waals surface area contributed by atoms with Crippen LogP contribution >= 0.6 is 0 Å². The Morgan fingerprint density at radius 1 is 0.367 bits per heavy atom. The van der Waals surface area contributed by atoms with Crippen molar-refractivity contribution in [1.82, 2.24) is 15.0 Å².